The predicted molar refractivity (Wildman–Crippen MR) is 82.8 cm³/mol. The molecule has 1 rings (SSSR count). The lowest BCUT2D eigenvalue weighted by Crippen LogP contribution is -2.30. The third-order valence-electron chi connectivity index (χ3n) is 3.12. The van der Waals surface area contributed by atoms with Gasteiger partial charge >= 0.3 is 0 Å². The van der Waals surface area contributed by atoms with E-state index in [4.69, 9.17) is 18.0 Å². The van der Waals surface area contributed by atoms with Crippen LogP contribution in [0.5, 0.6) is 0 Å². The minimum absolute atomic E-state index is 0.425. The van der Waals surface area contributed by atoms with Gasteiger partial charge in [0.05, 0.1) is 0 Å². The van der Waals surface area contributed by atoms with Crippen LogP contribution in [-0.4, -0.2) is 18.1 Å². The third kappa shape index (κ3) is 3.42. The van der Waals surface area contributed by atoms with Crippen LogP contribution in [0.15, 0.2) is 22.7 Å². The average molecular weight is 315 g/mol. The van der Waals surface area contributed by atoms with E-state index in [1.165, 1.54) is 5.69 Å². The van der Waals surface area contributed by atoms with Gasteiger partial charge in [0.25, 0.3) is 0 Å². The van der Waals surface area contributed by atoms with Crippen molar-refractivity contribution < 1.29 is 0 Å². The fourth-order valence-corrected chi connectivity index (χ4v) is 2.86. The number of hydrogen-bond donors (Lipinski definition) is 1. The average Bonchev–Trinajstić information content (AvgIpc) is 2.29. The van der Waals surface area contributed by atoms with Crippen molar-refractivity contribution in [3.8, 4) is 0 Å². The molecule has 0 heterocycles. The molecular weight excluding hydrogens is 296 g/mol. The molecule has 0 amide bonds. The Labute approximate surface area is 117 Å². The number of halogens is 1. The fourth-order valence-electron chi connectivity index (χ4n) is 1.97. The Kier molecular flexibility index (Phi) is 5.40. The van der Waals surface area contributed by atoms with Crippen molar-refractivity contribution >= 4 is 38.8 Å². The number of nitrogens with two attached hydrogens (primary N) is 1. The van der Waals surface area contributed by atoms with E-state index in [2.05, 4.69) is 53.9 Å². The molecule has 1 aromatic rings. The van der Waals surface area contributed by atoms with Crippen molar-refractivity contribution in [2.75, 3.05) is 11.9 Å². The largest absolute Gasteiger partial charge is 0.389 e. The molecule has 4 heteroatoms. The Balaban J connectivity index is 3.00. The number of benzene rings is 1. The first-order valence-electron chi connectivity index (χ1n) is 5.83. The zero-order valence-electron chi connectivity index (χ0n) is 10.5. The van der Waals surface area contributed by atoms with Crippen LogP contribution < -0.4 is 10.6 Å². The van der Waals surface area contributed by atoms with Gasteiger partial charge in [0.2, 0.25) is 0 Å². The molecule has 0 aliphatic heterocycles. The Morgan fingerprint density at radius 1 is 1.41 bits per heavy atom. The van der Waals surface area contributed by atoms with Gasteiger partial charge in [-0.15, -0.1) is 0 Å². The highest BCUT2D eigenvalue weighted by molar-refractivity contribution is 9.10. The van der Waals surface area contributed by atoms with Gasteiger partial charge in [-0.3, -0.25) is 0 Å². The minimum atomic E-state index is 0.425. The zero-order valence-corrected chi connectivity index (χ0v) is 12.9. The van der Waals surface area contributed by atoms with Gasteiger partial charge < -0.3 is 10.6 Å². The van der Waals surface area contributed by atoms with Crippen LogP contribution >= 0.6 is 28.1 Å². The van der Waals surface area contributed by atoms with Crippen LogP contribution in [0.25, 0.3) is 0 Å². The summed E-state index contributed by atoms with van der Waals surface area (Å²) in [5.41, 5.74) is 7.72. The van der Waals surface area contributed by atoms with Crippen molar-refractivity contribution in [2.24, 2.45) is 5.73 Å². The maximum atomic E-state index is 5.64. The molecule has 1 aromatic carbocycles. The standard InChI is InChI=1S/C13H19BrN2S/c1-4-9(5-2)16(3)10-6-7-11(13(15)17)12(14)8-10/h6-9H,4-5H2,1-3H3,(H2,15,17). The summed E-state index contributed by atoms with van der Waals surface area (Å²) in [4.78, 5) is 2.72. The van der Waals surface area contributed by atoms with E-state index in [0.717, 1.165) is 22.9 Å². The van der Waals surface area contributed by atoms with Gasteiger partial charge in [-0.05, 0) is 47.0 Å². The van der Waals surface area contributed by atoms with E-state index in [-0.39, 0.29) is 0 Å². The highest BCUT2D eigenvalue weighted by Crippen LogP contribution is 2.25. The summed E-state index contributed by atoms with van der Waals surface area (Å²) in [6, 6.07) is 6.68. The summed E-state index contributed by atoms with van der Waals surface area (Å²) in [7, 11) is 2.12. The van der Waals surface area contributed by atoms with E-state index in [1.54, 1.807) is 0 Å². The smallest absolute Gasteiger partial charge is 0.105 e. The van der Waals surface area contributed by atoms with Gasteiger partial charge in [0.15, 0.2) is 0 Å². The molecule has 0 fully saturated rings. The number of hydrogen-bond acceptors (Lipinski definition) is 2. The van der Waals surface area contributed by atoms with E-state index in [1.807, 2.05) is 6.07 Å². The summed E-state index contributed by atoms with van der Waals surface area (Å²) in [5, 5.41) is 0. The second-order valence-corrected chi connectivity index (χ2v) is 5.40. The van der Waals surface area contributed by atoms with Crippen molar-refractivity contribution in [1.29, 1.82) is 0 Å². The minimum Gasteiger partial charge on any atom is -0.389 e. The van der Waals surface area contributed by atoms with E-state index in [9.17, 15) is 0 Å². The van der Waals surface area contributed by atoms with Gasteiger partial charge in [-0.1, -0.05) is 26.1 Å². The summed E-state index contributed by atoms with van der Waals surface area (Å²) in [6.07, 6.45) is 2.28. The van der Waals surface area contributed by atoms with Crippen LogP contribution in [-0.2, 0) is 0 Å². The first-order chi connectivity index (χ1) is 8.01. The van der Waals surface area contributed by atoms with Crippen LogP contribution in [0.1, 0.15) is 32.3 Å². The van der Waals surface area contributed by atoms with Gasteiger partial charge in [0, 0.05) is 28.8 Å². The summed E-state index contributed by atoms with van der Waals surface area (Å²) >= 11 is 8.50. The van der Waals surface area contributed by atoms with Crippen LogP contribution in [0.3, 0.4) is 0 Å². The molecular formula is C13H19BrN2S. The Morgan fingerprint density at radius 3 is 2.41 bits per heavy atom. The highest BCUT2D eigenvalue weighted by Gasteiger charge is 2.12. The zero-order chi connectivity index (χ0) is 13.0. The van der Waals surface area contributed by atoms with Crippen molar-refractivity contribution in [1.82, 2.24) is 0 Å². The van der Waals surface area contributed by atoms with Crippen LogP contribution in [0, 0.1) is 0 Å². The number of rotatable bonds is 5. The lowest BCUT2D eigenvalue weighted by molar-refractivity contribution is 0.591. The lowest BCUT2D eigenvalue weighted by atomic mass is 10.1. The van der Waals surface area contributed by atoms with E-state index >= 15 is 0 Å². The maximum absolute atomic E-state index is 5.64. The molecule has 17 heavy (non-hydrogen) atoms. The Morgan fingerprint density at radius 2 is 2.00 bits per heavy atom. The second kappa shape index (κ2) is 6.36. The molecule has 2 N–H and O–H groups in total. The summed E-state index contributed by atoms with van der Waals surface area (Å²) in [6.45, 7) is 4.42. The van der Waals surface area contributed by atoms with Crippen molar-refractivity contribution in [3.05, 3.63) is 28.2 Å². The maximum Gasteiger partial charge on any atom is 0.105 e. The number of anilines is 1. The highest BCUT2D eigenvalue weighted by atomic mass is 79.9. The monoisotopic (exact) mass is 314 g/mol. The topological polar surface area (TPSA) is 29.3 Å². The first-order valence-corrected chi connectivity index (χ1v) is 7.03. The van der Waals surface area contributed by atoms with Crippen molar-refractivity contribution in [2.45, 2.75) is 32.7 Å². The molecule has 94 valence electrons. The van der Waals surface area contributed by atoms with Gasteiger partial charge in [-0.2, -0.15) is 0 Å². The molecule has 2 nitrogen and oxygen atoms in total. The SMILES string of the molecule is CCC(CC)N(C)c1ccc(C(N)=S)c(Br)c1. The van der Waals surface area contributed by atoms with Crippen LogP contribution in [0.4, 0.5) is 5.69 Å². The molecule has 0 unspecified atom stereocenters. The van der Waals surface area contributed by atoms with Crippen molar-refractivity contribution in [3.63, 3.8) is 0 Å². The van der Waals surface area contributed by atoms with E-state index in [0.29, 0.717) is 11.0 Å². The second-order valence-electron chi connectivity index (χ2n) is 4.11. The molecule has 0 radical (unpaired) electrons. The number of thiocarbonyl (C=S) groups is 1. The molecule has 0 aromatic heterocycles. The Hall–Kier alpha value is -0.610. The normalized spacial score (nSPS) is 10.6. The van der Waals surface area contributed by atoms with E-state index < -0.39 is 0 Å². The predicted octanol–water partition coefficient (Wildman–Crippen LogP) is 3.71. The molecule has 0 aliphatic carbocycles. The van der Waals surface area contributed by atoms with Crippen LogP contribution in [0.2, 0.25) is 0 Å². The quantitative estimate of drug-likeness (QED) is 0.840. The number of nitrogens with zero attached hydrogens (tertiary/aromatic N) is 1. The Bertz CT molecular complexity index is 402. The third-order valence-corrected chi connectivity index (χ3v) is 3.99. The molecule has 0 bridgehead atoms. The lowest BCUT2D eigenvalue weighted by Gasteiger charge is -2.28. The summed E-state index contributed by atoms with van der Waals surface area (Å²) < 4.78 is 0.959. The molecule has 0 saturated carbocycles. The molecule has 0 atom stereocenters. The van der Waals surface area contributed by atoms with Gasteiger partial charge in [0.1, 0.15) is 4.99 Å². The molecule has 0 spiro atoms. The summed E-state index contributed by atoms with van der Waals surface area (Å²) in [5.74, 6) is 0. The first kappa shape index (κ1) is 14.5. The fraction of sp³-hybridized carbons (Fsp3) is 0.462. The molecule has 0 aliphatic rings. The van der Waals surface area contributed by atoms with Gasteiger partial charge in [-0.25, -0.2) is 0 Å². The molecule has 0 saturated heterocycles.